The first kappa shape index (κ1) is 102. The molecule has 0 saturated carbocycles. The fraction of sp³-hybridized carbons (Fsp3) is 0.273. The van der Waals surface area contributed by atoms with Crippen molar-refractivity contribution in [1.82, 2.24) is 15.1 Å². The van der Waals surface area contributed by atoms with Crippen LogP contribution in [0.3, 0.4) is 0 Å². The number of morpholine rings is 4. The lowest BCUT2D eigenvalue weighted by Crippen LogP contribution is -2.36. The second-order valence-electron chi connectivity index (χ2n) is 33.9. The van der Waals surface area contributed by atoms with Gasteiger partial charge in [-0.3, -0.25) is 45.5 Å². The number of hydrogen-bond acceptors (Lipinski definition) is 30. The van der Waals surface area contributed by atoms with Gasteiger partial charge in [0.1, 0.15) is 58.9 Å². The van der Waals surface area contributed by atoms with Crippen molar-refractivity contribution in [2.45, 2.75) is 44.9 Å². The smallest absolute Gasteiger partial charge is 0.348 e. The molecule has 34 heteroatoms. The molecule has 21 rings (SSSR count). The molecule has 144 heavy (non-hydrogen) atoms. The van der Waals surface area contributed by atoms with Crippen LogP contribution in [0.5, 0.6) is 0 Å². The van der Waals surface area contributed by atoms with E-state index in [1.165, 1.54) is 71.3 Å². The molecule has 4 fully saturated rings. The summed E-state index contributed by atoms with van der Waals surface area (Å²) < 4.78 is 38.0. The van der Waals surface area contributed by atoms with E-state index in [-0.39, 0.29) is 67.3 Å². The zero-order chi connectivity index (χ0) is 101. The van der Waals surface area contributed by atoms with Gasteiger partial charge < -0.3 is 63.8 Å². The fourth-order valence-corrected chi connectivity index (χ4v) is 24.2. The number of amides is 5. The number of alkyl halides is 1. The van der Waals surface area contributed by atoms with E-state index < -0.39 is 29.7 Å². The van der Waals surface area contributed by atoms with Crippen molar-refractivity contribution < 1.29 is 71.5 Å². The van der Waals surface area contributed by atoms with Gasteiger partial charge >= 0.3 is 17.9 Å². The minimum absolute atomic E-state index is 0.0157. The maximum Gasteiger partial charge on any atom is 0.348 e. The molecule has 0 bridgehead atoms. The Morgan fingerprint density at radius 2 is 0.757 bits per heavy atom. The number of esters is 3. The number of nitrogens with zero attached hydrogens (tertiary/aromatic N) is 10. The van der Waals surface area contributed by atoms with Crippen molar-refractivity contribution >= 4 is 172 Å². The lowest BCUT2D eigenvalue weighted by atomic mass is 9.85. The highest BCUT2D eigenvalue weighted by Crippen LogP contribution is 2.49. The van der Waals surface area contributed by atoms with Crippen molar-refractivity contribution in [3.8, 4) is 24.3 Å². The van der Waals surface area contributed by atoms with E-state index in [4.69, 9.17) is 38.9 Å². The Kier molecular flexibility index (Phi) is 34.2. The van der Waals surface area contributed by atoms with E-state index >= 15 is 0 Å². The summed E-state index contributed by atoms with van der Waals surface area (Å²) in [5.41, 5.74) is 17.0. The molecule has 734 valence electrons. The van der Waals surface area contributed by atoms with Crippen LogP contribution < -0.4 is 42.3 Å². The molecule has 3 atom stereocenters. The minimum atomic E-state index is -0.651. The minimum Gasteiger partial charge on any atom is -0.462 e. The van der Waals surface area contributed by atoms with Crippen molar-refractivity contribution in [3.63, 3.8) is 0 Å². The average Bonchev–Trinajstić information content (AvgIpc) is 1.59. The third-order valence-electron chi connectivity index (χ3n) is 25.7. The number of nitrogens with one attached hydrogen (secondary N) is 1. The molecule has 0 aliphatic carbocycles. The Bertz CT molecular complexity index is 7280. The topological polar surface area (TPSA) is 406 Å². The van der Waals surface area contributed by atoms with Crippen LogP contribution in [-0.4, -0.2) is 207 Å². The number of benzene rings is 10. The number of rotatable bonds is 21. The Morgan fingerprint density at radius 3 is 1.16 bits per heavy atom. The van der Waals surface area contributed by atoms with Crippen LogP contribution in [0.4, 0.5) is 20.0 Å². The molecule has 4 aromatic heterocycles. The molecule has 7 aliphatic rings. The number of carbonyl (C=O) groups excluding carboxylic acids is 8. The van der Waals surface area contributed by atoms with Gasteiger partial charge in [0.05, 0.1) is 128 Å². The molecule has 11 heterocycles. The van der Waals surface area contributed by atoms with Crippen molar-refractivity contribution in [2.24, 2.45) is 17.4 Å². The normalized spacial score (nSPS) is 15.6. The highest BCUT2D eigenvalue weighted by molar-refractivity contribution is 9.09. The number of thiophene rings is 4. The van der Waals surface area contributed by atoms with E-state index in [0.29, 0.717) is 192 Å². The van der Waals surface area contributed by atoms with Crippen LogP contribution in [-0.2, 0) is 39.6 Å². The molecule has 14 aromatic rings. The standard InChI is InChI=1S/C32H27N3O5S.C24H25N3O3S.C23H22N2O3S.C22H19N3O2S.C9H6BrNO2.H4N2/c1-2-40-32(38)28-27(25(18-33)31(41-28)34-13-15-39-16-14-34)26(22-12-11-20-7-3-4-8-21(20)17-22)19-35-29(36)23-9-5-6-10-24(23)30(35)37;1-2-30-24(28)22-21(20(15-26)23(31-22)27-9-11-29-12-10-27)19(14-25)18-8-7-16-5-3-4-6-17(16)13-18;1-2-28-23(26)21-19(14-16-7-8-17-5-3-4-6-18(17)13-16)20(15-24)22(29-21)25-9-11-27-12-10-25;23-12-17-19-18(16-6-5-14-3-1-2-4-15(14)11-16)13-24-21(26)20(19)28-22(17)25-7-9-27-10-8-25;10-5-11-8(12)6-3-1-2-4-7(6)9(11)13;1-2/h3-12,17,26H,2,13-16,19H2,1H3;3-8,13,19H,2,9-12,14,25H2,1H3;3-8,13H,2,9-12,14H2,1H3;1-6,11,18H,7-10,13H2,(H,24,26);1-4H,5H2;1-2H2. The van der Waals surface area contributed by atoms with Gasteiger partial charge in [-0.25, -0.2) is 14.4 Å². The van der Waals surface area contributed by atoms with Crippen molar-refractivity contribution in [3.05, 3.63) is 327 Å². The average molecular weight is 2070 g/mol. The molecule has 29 nitrogen and oxygen atoms in total. The van der Waals surface area contributed by atoms with Crippen LogP contribution in [0.2, 0.25) is 0 Å². The number of hydrazine groups is 1. The maximum absolute atomic E-state index is 13.5. The number of nitrogens with two attached hydrogens (primary N) is 3. The number of carbonyl (C=O) groups is 8. The summed E-state index contributed by atoms with van der Waals surface area (Å²) in [5.74, 6) is 4.44. The lowest BCUT2D eigenvalue weighted by molar-refractivity contribution is 0.0520. The van der Waals surface area contributed by atoms with Gasteiger partial charge in [0.2, 0.25) is 0 Å². The van der Waals surface area contributed by atoms with Gasteiger partial charge in [-0.1, -0.05) is 210 Å². The number of halogens is 1. The zero-order valence-corrected chi connectivity index (χ0v) is 84.2. The number of ether oxygens (including phenoxy) is 7. The Labute approximate surface area is 856 Å². The first-order valence-electron chi connectivity index (χ1n) is 47.2. The monoisotopic (exact) mass is 2070 g/mol. The molecular formula is C110H103BrN14O15S4. The number of imide groups is 2. The summed E-state index contributed by atoms with van der Waals surface area (Å²) in [4.78, 5) is 114. The number of hydrogen-bond donors (Lipinski definition) is 4. The van der Waals surface area contributed by atoms with Gasteiger partial charge in [0, 0.05) is 118 Å². The predicted octanol–water partition coefficient (Wildman–Crippen LogP) is 17.4. The summed E-state index contributed by atoms with van der Waals surface area (Å²) >= 11 is 8.45. The van der Waals surface area contributed by atoms with Crippen molar-refractivity contribution in [2.75, 3.05) is 170 Å². The second kappa shape index (κ2) is 48.1. The van der Waals surface area contributed by atoms with Gasteiger partial charge in [0.25, 0.3) is 29.5 Å². The van der Waals surface area contributed by atoms with Gasteiger partial charge in [0.15, 0.2) is 0 Å². The molecule has 7 aliphatic heterocycles. The lowest BCUT2D eigenvalue weighted by Gasteiger charge is -2.28. The fourth-order valence-electron chi connectivity index (χ4n) is 18.7. The Hall–Kier alpha value is -14.4. The molecule has 0 radical (unpaired) electrons. The van der Waals surface area contributed by atoms with Crippen LogP contribution >= 0.6 is 61.3 Å². The van der Waals surface area contributed by atoms with Crippen LogP contribution in [0.1, 0.15) is 185 Å². The molecule has 7 N–H and O–H groups in total. The van der Waals surface area contributed by atoms with Gasteiger partial charge in [-0.05, 0) is 110 Å². The maximum atomic E-state index is 13.5. The van der Waals surface area contributed by atoms with E-state index in [2.05, 4.69) is 162 Å². The van der Waals surface area contributed by atoms with E-state index in [0.717, 1.165) is 88.4 Å². The van der Waals surface area contributed by atoms with E-state index in [1.54, 1.807) is 69.3 Å². The Morgan fingerprint density at radius 1 is 0.417 bits per heavy atom. The largest absolute Gasteiger partial charge is 0.462 e. The molecule has 0 spiro atoms. The summed E-state index contributed by atoms with van der Waals surface area (Å²) in [6.45, 7) is 17.0. The first-order valence-corrected chi connectivity index (χ1v) is 51.6. The highest BCUT2D eigenvalue weighted by atomic mass is 79.9. The Balaban J connectivity index is 0.000000132. The summed E-state index contributed by atoms with van der Waals surface area (Å²) in [7, 11) is 0. The molecule has 3 unspecified atom stereocenters. The highest BCUT2D eigenvalue weighted by Gasteiger charge is 2.43. The number of fused-ring (bicyclic) bond motifs is 7. The SMILES string of the molecule is CCOC(=O)c1sc(N2CCOCC2)c(C#N)c1C(CN)c1ccc2ccccc2c1.CCOC(=O)c1sc(N2CCOCC2)c(C#N)c1C(CN1C(=O)c2ccccc2C1=O)c1ccc2ccccc2c1.CCOC(=O)c1sc(N2CCOCC2)c(C#N)c1Cc1ccc2ccccc2c1.N#Cc1c(N2CCOCC2)sc2c1C(c1ccc3ccccc3c1)CNC2=O.NN.O=C1c2ccccc2C(=O)N1CBr. The third kappa shape index (κ3) is 21.9. The first-order chi connectivity index (χ1) is 70.4. The van der Waals surface area contributed by atoms with Crippen LogP contribution in [0.15, 0.2) is 218 Å². The summed E-state index contributed by atoms with van der Waals surface area (Å²) in [6.07, 6.45) is 0.517. The number of nitriles is 4. The van der Waals surface area contributed by atoms with Crippen molar-refractivity contribution in [1.29, 1.82) is 21.0 Å². The molecular weight excluding hydrogens is 1970 g/mol. The van der Waals surface area contributed by atoms with E-state index in [9.17, 15) is 59.4 Å². The zero-order valence-electron chi connectivity index (χ0n) is 79.3. The van der Waals surface area contributed by atoms with Gasteiger partial charge in [-0.15, -0.1) is 45.3 Å². The quantitative estimate of drug-likeness (QED) is 0.00987. The molecule has 4 saturated heterocycles. The summed E-state index contributed by atoms with van der Waals surface area (Å²) in [5, 5.41) is 55.7. The molecule has 10 aromatic carbocycles. The summed E-state index contributed by atoms with van der Waals surface area (Å²) in [6, 6.07) is 80.3. The molecule has 5 amide bonds. The van der Waals surface area contributed by atoms with Gasteiger partial charge in [-0.2, -0.15) is 21.0 Å². The van der Waals surface area contributed by atoms with E-state index in [1.807, 2.05) is 84.9 Å². The third-order valence-corrected chi connectivity index (χ3v) is 31.2. The predicted molar refractivity (Wildman–Crippen MR) is 563 cm³/mol. The van der Waals surface area contributed by atoms with Crippen LogP contribution in [0.25, 0.3) is 43.1 Å². The van der Waals surface area contributed by atoms with Crippen LogP contribution in [0, 0.1) is 45.3 Å². The number of anilines is 4. The second-order valence-corrected chi connectivity index (χ2v) is 38.4.